The van der Waals surface area contributed by atoms with Crippen molar-refractivity contribution < 1.29 is 13.5 Å². The van der Waals surface area contributed by atoms with E-state index in [2.05, 4.69) is 9.97 Å². The monoisotopic (exact) mass is 392 g/mol. The zero-order valence-electron chi connectivity index (χ0n) is 14.4. The fourth-order valence-electron chi connectivity index (χ4n) is 3.17. The smallest absolute Gasteiger partial charge is 0.319 e. The molecule has 1 aliphatic rings. The van der Waals surface area contributed by atoms with E-state index >= 15 is 0 Å². The molecule has 142 valence electrons. The number of thioether (sulfide) groups is 1. The molecular weight excluding hydrogens is 374 g/mol. The molecule has 1 saturated heterocycles. The van der Waals surface area contributed by atoms with Crippen molar-refractivity contribution in [1.29, 1.82) is 0 Å². The van der Waals surface area contributed by atoms with Crippen molar-refractivity contribution in [1.82, 2.24) is 19.1 Å². The average Bonchev–Trinajstić information content (AvgIpc) is 3.34. The molecule has 0 spiro atoms. The van der Waals surface area contributed by atoms with E-state index in [1.54, 1.807) is 22.8 Å². The summed E-state index contributed by atoms with van der Waals surface area (Å²) >= 11 is 1.23. The summed E-state index contributed by atoms with van der Waals surface area (Å²) in [5, 5.41) is 1.02. The average molecular weight is 392 g/mol. The second-order valence-electron chi connectivity index (χ2n) is 6.28. The molecule has 4 rings (SSSR count). The fourth-order valence-corrected chi connectivity index (χ4v) is 4.13. The van der Waals surface area contributed by atoms with Crippen LogP contribution in [-0.4, -0.2) is 31.8 Å². The number of fused-ring (bicyclic) bond motifs is 1. The van der Waals surface area contributed by atoms with Crippen LogP contribution < -0.4 is 5.56 Å². The fraction of sp³-hybridized carbons (Fsp3) is 0.389. The van der Waals surface area contributed by atoms with Gasteiger partial charge in [-0.1, -0.05) is 23.9 Å². The highest BCUT2D eigenvalue weighted by molar-refractivity contribution is 7.98. The second kappa shape index (κ2) is 7.77. The van der Waals surface area contributed by atoms with Gasteiger partial charge in [-0.3, -0.25) is 13.9 Å². The summed E-state index contributed by atoms with van der Waals surface area (Å²) in [5.74, 6) is 0.425. The van der Waals surface area contributed by atoms with Gasteiger partial charge in [0.15, 0.2) is 5.16 Å². The lowest BCUT2D eigenvalue weighted by atomic mass is 10.2. The summed E-state index contributed by atoms with van der Waals surface area (Å²) in [6.07, 6.45) is 4.41. The first-order chi connectivity index (χ1) is 13.1. The molecule has 0 saturated carbocycles. The second-order valence-corrected chi connectivity index (χ2v) is 7.22. The molecule has 1 fully saturated rings. The number of ether oxygens (including phenoxy) is 1. The largest absolute Gasteiger partial charge is 0.376 e. The molecule has 27 heavy (non-hydrogen) atoms. The minimum absolute atomic E-state index is 0.0342. The number of para-hydroxylation sites is 1. The van der Waals surface area contributed by atoms with Crippen LogP contribution in [0.15, 0.2) is 46.6 Å². The molecule has 6 nitrogen and oxygen atoms in total. The zero-order valence-corrected chi connectivity index (χ0v) is 15.2. The standard InChI is InChI=1S/C18H18F2N4O2S/c19-17(20)23-8-7-21-15(23)11-27-18-22-14-6-2-1-5-13(14)16(25)24(18)10-12-4-3-9-26-12/h1-2,5-8,12,17H,3-4,9-11H2. The minimum Gasteiger partial charge on any atom is -0.376 e. The lowest BCUT2D eigenvalue weighted by Crippen LogP contribution is -2.28. The van der Waals surface area contributed by atoms with Crippen molar-refractivity contribution >= 4 is 22.7 Å². The number of rotatable bonds is 6. The molecule has 1 unspecified atom stereocenters. The van der Waals surface area contributed by atoms with E-state index in [0.717, 1.165) is 17.4 Å². The van der Waals surface area contributed by atoms with Gasteiger partial charge in [0.25, 0.3) is 5.56 Å². The van der Waals surface area contributed by atoms with Gasteiger partial charge in [0, 0.05) is 19.0 Å². The van der Waals surface area contributed by atoms with Crippen LogP contribution in [0.5, 0.6) is 0 Å². The number of aromatic nitrogens is 4. The lowest BCUT2D eigenvalue weighted by molar-refractivity contribution is 0.0678. The first kappa shape index (κ1) is 18.1. The summed E-state index contributed by atoms with van der Waals surface area (Å²) in [7, 11) is 0. The van der Waals surface area contributed by atoms with Crippen LogP contribution in [0.1, 0.15) is 25.2 Å². The third-order valence-electron chi connectivity index (χ3n) is 4.53. The molecule has 3 heterocycles. The number of imidazole rings is 1. The van der Waals surface area contributed by atoms with Gasteiger partial charge in [0.2, 0.25) is 0 Å². The van der Waals surface area contributed by atoms with E-state index in [4.69, 9.17) is 4.74 Å². The highest BCUT2D eigenvalue weighted by Gasteiger charge is 2.21. The Hall–Kier alpha value is -2.26. The van der Waals surface area contributed by atoms with E-state index in [-0.39, 0.29) is 23.2 Å². The van der Waals surface area contributed by atoms with E-state index < -0.39 is 6.55 Å². The maximum atomic E-state index is 13.0. The summed E-state index contributed by atoms with van der Waals surface area (Å²) in [6.45, 7) is -1.56. The molecule has 3 aromatic rings. The molecule has 0 bridgehead atoms. The van der Waals surface area contributed by atoms with Crippen LogP contribution in [0.25, 0.3) is 10.9 Å². The third-order valence-corrected chi connectivity index (χ3v) is 5.50. The quantitative estimate of drug-likeness (QED) is 0.475. The van der Waals surface area contributed by atoms with Gasteiger partial charge in [0.05, 0.1) is 29.3 Å². The van der Waals surface area contributed by atoms with E-state index in [1.165, 1.54) is 24.2 Å². The summed E-state index contributed by atoms with van der Waals surface area (Å²) in [5.41, 5.74) is 0.446. The van der Waals surface area contributed by atoms with Crippen molar-refractivity contribution in [3.8, 4) is 0 Å². The third kappa shape index (κ3) is 3.74. The summed E-state index contributed by atoms with van der Waals surface area (Å²) < 4.78 is 34.1. The van der Waals surface area contributed by atoms with Crippen molar-refractivity contribution in [2.45, 2.75) is 42.9 Å². The van der Waals surface area contributed by atoms with E-state index in [0.29, 0.717) is 29.2 Å². The molecule has 1 aliphatic heterocycles. The van der Waals surface area contributed by atoms with Gasteiger partial charge in [-0.2, -0.15) is 8.78 Å². The van der Waals surface area contributed by atoms with E-state index in [9.17, 15) is 13.6 Å². The van der Waals surface area contributed by atoms with Crippen LogP contribution in [0.3, 0.4) is 0 Å². The normalized spacial score (nSPS) is 17.2. The number of hydrogen-bond acceptors (Lipinski definition) is 5. The number of halogens is 2. The highest BCUT2D eigenvalue weighted by atomic mass is 32.2. The van der Waals surface area contributed by atoms with Crippen LogP contribution in [0.2, 0.25) is 0 Å². The zero-order chi connectivity index (χ0) is 18.8. The van der Waals surface area contributed by atoms with Gasteiger partial charge < -0.3 is 4.74 Å². The van der Waals surface area contributed by atoms with Crippen molar-refractivity contribution in [3.05, 3.63) is 52.8 Å². The minimum atomic E-state index is -2.65. The maximum absolute atomic E-state index is 13.0. The predicted molar refractivity (Wildman–Crippen MR) is 98.0 cm³/mol. The molecule has 1 atom stereocenters. The van der Waals surface area contributed by atoms with Gasteiger partial charge in [-0.15, -0.1) is 0 Å². The summed E-state index contributed by atoms with van der Waals surface area (Å²) in [6, 6.07) is 7.14. The Balaban J connectivity index is 1.68. The molecule has 0 aliphatic carbocycles. The SMILES string of the molecule is O=c1c2ccccc2nc(SCc2nccn2C(F)F)n1CC1CCCO1. The Kier molecular flexibility index (Phi) is 5.22. The number of nitrogens with zero attached hydrogens (tertiary/aromatic N) is 4. The predicted octanol–water partition coefficient (Wildman–Crippen LogP) is 3.46. The Labute approximate surface area is 158 Å². The molecule has 9 heteroatoms. The number of benzene rings is 1. The molecule has 1 aromatic carbocycles. The molecule has 0 N–H and O–H groups in total. The maximum Gasteiger partial charge on any atom is 0.319 e. The number of hydrogen-bond donors (Lipinski definition) is 0. The topological polar surface area (TPSA) is 61.9 Å². The van der Waals surface area contributed by atoms with Gasteiger partial charge in [-0.05, 0) is 25.0 Å². The van der Waals surface area contributed by atoms with Crippen LogP contribution in [0, 0.1) is 0 Å². The van der Waals surface area contributed by atoms with Gasteiger partial charge in [-0.25, -0.2) is 9.97 Å². The molecule has 2 aromatic heterocycles. The van der Waals surface area contributed by atoms with Crippen LogP contribution in [-0.2, 0) is 17.0 Å². The van der Waals surface area contributed by atoms with E-state index in [1.807, 2.05) is 6.07 Å². The van der Waals surface area contributed by atoms with Crippen molar-refractivity contribution in [2.24, 2.45) is 0 Å². The van der Waals surface area contributed by atoms with Gasteiger partial charge in [0.1, 0.15) is 5.82 Å². The molecule has 0 radical (unpaired) electrons. The van der Waals surface area contributed by atoms with Crippen molar-refractivity contribution in [3.63, 3.8) is 0 Å². The lowest BCUT2D eigenvalue weighted by Gasteiger charge is -2.16. The number of alkyl halides is 2. The first-order valence-corrected chi connectivity index (χ1v) is 9.66. The Morgan fingerprint density at radius 3 is 2.96 bits per heavy atom. The highest BCUT2D eigenvalue weighted by Crippen LogP contribution is 2.25. The van der Waals surface area contributed by atoms with Crippen LogP contribution >= 0.6 is 11.8 Å². The Morgan fingerprint density at radius 2 is 2.19 bits per heavy atom. The van der Waals surface area contributed by atoms with Gasteiger partial charge >= 0.3 is 6.55 Å². The molecular formula is C18H18F2N4O2S. The summed E-state index contributed by atoms with van der Waals surface area (Å²) in [4.78, 5) is 21.6. The first-order valence-electron chi connectivity index (χ1n) is 8.67. The molecule has 0 amide bonds. The Morgan fingerprint density at radius 1 is 1.33 bits per heavy atom. The van der Waals surface area contributed by atoms with Crippen molar-refractivity contribution in [2.75, 3.05) is 6.61 Å². The van der Waals surface area contributed by atoms with Crippen LogP contribution in [0.4, 0.5) is 8.78 Å². The Bertz CT molecular complexity index is 998.